The molecule has 1 amide bonds. The number of halogens is 4. The molecule has 2 aromatic carbocycles. The SMILES string of the molecule is CCOC(=O)Cn1c(=NC(=O)c2ccc(F)cc2Cl)sc2cc(F)cc(F)c21. The van der Waals surface area contributed by atoms with Gasteiger partial charge in [0.05, 0.1) is 27.4 Å². The summed E-state index contributed by atoms with van der Waals surface area (Å²) in [5.41, 5.74) is -0.161. The number of aromatic nitrogens is 1. The topological polar surface area (TPSA) is 60.7 Å². The molecule has 0 aliphatic carbocycles. The summed E-state index contributed by atoms with van der Waals surface area (Å²) in [4.78, 5) is 28.2. The summed E-state index contributed by atoms with van der Waals surface area (Å²) in [7, 11) is 0. The van der Waals surface area contributed by atoms with E-state index in [4.69, 9.17) is 16.3 Å². The smallest absolute Gasteiger partial charge is 0.326 e. The number of fused-ring (bicyclic) bond motifs is 1. The third-order valence-electron chi connectivity index (χ3n) is 3.65. The summed E-state index contributed by atoms with van der Waals surface area (Å²) < 4.78 is 47.2. The van der Waals surface area contributed by atoms with Crippen molar-refractivity contribution in [2.24, 2.45) is 4.99 Å². The van der Waals surface area contributed by atoms with Crippen molar-refractivity contribution in [2.75, 3.05) is 6.61 Å². The van der Waals surface area contributed by atoms with Crippen LogP contribution < -0.4 is 4.80 Å². The van der Waals surface area contributed by atoms with Crippen LogP contribution in [-0.4, -0.2) is 23.1 Å². The molecule has 3 aromatic rings. The number of hydrogen-bond donors (Lipinski definition) is 0. The van der Waals surface area contributed by atoms with Gasteiger partial charge in [0, 0.05) is 6.07 Å². The molecule has 1 aromatic heterocycles. The Labute approximate surface area is 165 Å². The maximum absolute atomic E-state index is 14.3. The fourth-order valence-corrected chi connectivity index (χ4v) is 3.82. The minimum Gasteiger partial charge on any atom is -0.465 e. The first-order valence-corrected chi connectivity index (χ1v) is 9.17. The van der Waals surface area contributed by atoms with E-state index in [1.165, 1.54) is 0 Å². The molecule has 28 heavy (non-hydrogen) atoms. The average Bonchev–Trinajstić information content (AvgIpc) is 2.91. The van der Waals surface area contributed by atoms with Crippen LogP contribution in [0.3, 0.4) is 0 Å². The Hall–Kier alpha value is -2.65. The van der Waals surface area contributed by atoms with Gasteiger partial charge in [-0.15, -0.1) is 0 Å². The molecule has 146 valence electrons. The number of hydrogen-bond acceptors (Lipinski definition) is 4. The first-order valence-electron chi connectivity index (χ1n) is 7.98. The molecule has 5 nitrogen and oxygen atoms in total. The lowest BCUT2D eigenvalue weighted by atomic mass is 10.2. The summed E-state index contributed by atoms with van der Waals surface area (Å²) in [5.74, 6) is -3.86. The highest BCUT2D eigenvalue weighted by Gasteiger charge is 2.18. The fraction of sp³-hybridized carbons (Fsp3) is 0.167. The zero-order chi connectivity index (χ0) is 20.4. The number of amides is 1. The van der Waals surface area contributed by atoms with Gasteiger partial charge in [0.1, 0.15) is 18.2 Å². The minimum absolute atomic E-state index is 0.0575. The van der Waals surface area contributed by atoms with E-state index in [0.717, 1.165) is 40.2 Å². The summed E-state index contributed by atoms with van der Waals surface area (Å²) in [6.07, 6.45) is 0. The molecule has 3 rings (SSSR count). The largest absolute Gasteiger partial charge is 0.465 e. The van der Waals surface area contributed by atoms with Gasteiger partial charge in [-0.05, 0) is 31.2 Å². The lowest BCUT2D eigenvalue weighted by Gasteiger charge is -2.06. The molecule has 0 bridgehead atoms. The van der Waals surface area contributed by atoms with Gasteiger partial charge in [0.15, 0.2) is 10.6 Å². The van der Waals surface area contributed by atoms with Crippen molar-refractivity contribution >= 4 is 45.0 Å². The molecule has 1 heterocycles. The van der Waals surface area contributed by atoms with Gasteiger partial charge in [0.2, 0.25) is 0 Å². The summed E-state index contributed by atoms with van der Waals surface area (Å²) in [6.45, 7) is 1.28. The van der Waals surface area contributed by atoms with E-state index >= 15 is 0 Å². The van der Waals surface area contributed by atoms with Crippen LogP contribution in [0.15, 0.2) is 35.3 Å². The number of benzene rings is 2. The number of rotatable bonds is 4. The van der Waals surface area contributed by atoms with Gasteiger partial charge in [-0.2, -0.15) is 4.99 Å². The van der Waals surface area contributed by atoms with E-state index < -0.39 is 35.9 Å². The monoisotopic (exact) mass is 428 g/mol. The van der Waals surface area contributed by atoms with Gasteiger partial charge in [-0.1, -0.05) is 22.9 Å². The molecule has 0 aliphatic heterocycles. The molecular formula is C18H12ClF3N2O3S. The van der Waals surface area contributed by atoms with Crippen LogP contribution in [0, 0.1) is 17.5 Å². The van der Waals surface area contributed by atoms with Crippen molar-refractivity contribution in [3.8, 4) is 0 Å². The summed E-state index contributed by atoms with van der Waals surface area (Å²) >= 11 is 6.69. The Bertz CT molecular complexity index is 1160. The second kappa shape index (κ2) is 8.15. The number of nitrogens with zero attached hydrogens (tertiary/aromatic N) is 2. The molecule has 0 atom stereocenters. The number of thiazole rings is 1. The van der Waals surface area contributed by atoms with Crippen molar-refractivity contribution in [1.82, 2.24) is 4.57 Å². The molecule has 0 radical (unpaired) electrons. The van der Waals surface area contributed by atoms with Crippen molar-refractivity contribution in [3.05, 3.63) is 63.2 Å². The predicted octanol–water partition coefficient (Wildman–Crippen LogP) is 4.08. The first-order chi connectivity index (χ1) is 13.3. The van der Waals surface area contributed by atoms with E-state index in [-0.39, 0.29) is 32.2 Å². The van der Waals surface area contributed by atoms with Crippen LogP contribution in [0.1, 0.15) is 17.3 Å². The highest BCUT2D eigenvalue weighted by molar-refractivity contribution is 7.16. The quantitative estimate of drug-likeness (QED) is 0.588. The van der Waals surface area contributed by atoms with E-state index in [1.807, 2.05) is 0 Å². The standard InChI is InChI=1S/C18H12ClF3N2O3S/c1-2-27-15(25)8-24-16-13(22)6-10(21)7-14(16)28-18(24)23-17(26)11-4-3-9(20)5-12(11)19/h3-7H,2,8H2,1H3. The summed E-state index contributed by atoms with van der Waals surface area (Å²) in [5, 5.41) is -0.149. The Morgan fingerprint density at radius 2 is 1.93 bits per heavy atom. The molecule has 0 N–H and O–H groups in total. The van der Waals surface area contributed by atoms with Gasteiger partial charge >= 0.3 is 5.97 Å². The van der Waals surface area contributed by atoms with Crippen LogP contribution in [0.5, 0.6) is 0 Å². The normalized spacial score (nSPS) is 11.8. The third-order valence-corrected chi connectivity index (χ3v) is 4.98. The van der Waals surface area contributed by atoms with Crippen LogP contribution in [0.4, 0.5) is 13.2 Å². The zero-order valence-electron chi connectivity index (χ0n) is 14.3. The number of esters is 1. The maximum atomic E-state index is 14.3. The minimum atomic E-state index is -0.913. The Morgan fingerprint density at radius 1 is 1.18 bits per heavy atom. The molecule has 0 spiro atoms. The highest BCUT2D eigenvalue weighted by Crippen LogP contribution is 2.23. The Morgan fingerprint density at radius 3 is 2.61 bits per heavy atom. The molecule has 0 fully saturated rings. The molecular weight excluding hydrogens is 417 g/mol. The Balaban J connectivity index is 2.18. The highest BCUT2D eigenvalue weighted by atomic mass is 35.5. The van der Waals surface area contributed by atoms with Gasteiger partial charge in [-0.3, -0.25) is 9.59 Å². The fourth-order valence-electron chi connectivity index (χ4n) is 2.51. The second-order valence-electron chi connectivity index (χ2n) is 5.55. The maximum Gasteiger partial charge on any atom is 0.326 e. The Kier molecular flexibility index (Phi) is 5.85. The molecule has 0 saturated carbocycles. The first kappa shape index (κ1) is 20.1. The van der Waals surface area contributed by atoms with Crippen LogP contribution in [0.25, 0.3) is 10.2 Å². The molecule has 0 aliphatic rings. The van der Waals surface area contributed by atoms with Crippen LogP contribution in [0.2, 0.25) is 5.02 Å². The van der Waals surface area contributed by atoms with Crippen molar-refractivity contribution < 1.29 is 27.5 Å². The number of carbonyl (C=O) groups is 2. The van der Waals surface area contributed by atoms with E-state index in [1.54, 1.807) is 6.92 Å². The average molecular weight is 429 g/mol. The van der Waals surface area contributed by atoms with Crippen molar-refractivity contribution in [2.45, 2.75) is 13.5 Å². The van der Waals surface area contributed by atoms with Gasteiger partial charge in [-0.25, -0.2) is 13.2 Å². The third kappa shape index (κ3) is 4.10. The number of carbonyl (C=O) groups excluding carboxylic acids is 2. The number of ether oxygens (including phenoxy) is 1. The van der Waals surface area contributed by atoms with Gasteiger partial charge < -0.3 is 9.30 Å². The van der Waals surface area contributed by atoms with Crippen LogP contribution >= 0.6 is 22.9 Å². The molecule has 10 heteroatoms. The second-order valence-corrected chi connectivity index (χ2v) is 6.97. The van der Waals surface area contributed by atoms with Crippen molar-refractivity contribution in [3.63, 3.8) is 0 Å². The van der Waals surface area contributed by atoms with Crippen LogP contribution in [-0.2, 0) is 16.1 Å². The van der Waals surface area contributed by atoms with E-state index in [2.05, 4.69) is 4.99 Å². The van der Waals surface area contributed by atoms with Gasteiger partial charge in [0.25, 0.3) is 5.91 Å². The zero-order valence-corrected chi connectivity index (χ0v) is 15.9. The molecule has 0 unspecified atom stereocenters. The predicted molar refractivity (Wildman–Crippen MR) is 97.7 cm³/mol. The lowest BCUT2D eigenvalue weighted by Crippen LogP contribution is -2.23. The van der Waals surface area contributed by atoms with E-state index in [0.29, 0.717) is 6.07 Å². The van der Waals surface area contributed by atoms with E-state index in [9.17, 15) is 22.8 Å². The lowest BCUT2D eigenvalue weighted by molar-refractivity contribution is -0.143. The van der Waals surface area contributed by atoms with Crippen molar-refractivity contribution in [1.29, 1.82) is 0 Å². The summed E-state index contributed by atoms with van der Waals surface area (Å²) in [6, 6.07) is 4.89. The molecule has 0 saturated heterocycles.